The Balaban J connectivity index is 1.86. The molecule has 1 N–H and O–H groups in total. The Morgan fingerprint density at radius 1 is 1.39 bits per heavy atom. The number of carbonyl (C=O) groups is 1. The van der Waals surface area contributed by atoms with Crippen LogP contribution in [0.5, 0.6) is 0 Å². The van der Waals surface area contributed by atoms with Gasteiger partial charge in [-0.3, -0.25) is 10.1 Å². The first-order valence-corrected chi connectivity index (χ1v) is 7.62. The molecule has 7 nitrogen and oxygen atoms in total. The van der Waals surface area contributed by atoms with Crippen LogP contribution in [-0.4, -0.2) is 21.0 Å². The van der Waals surface area contributed by atoms with Gasteiger partial charge in [0.25, 0.3) is 11.6 Å². The molecular weight excluding hydrogens is 316 g/mol. The predicted octanol–water partition coefficient (Wildman–Crippen LogP) is 3.50. The average Bonchev–Trinajstić information content (AvgIpc) is 3.28. The van der Waals surface area contributed by atoms with E-state index in [1.54, 1.807) is 43.0 Å². The maximum Gasteiger partial charge on any atom is 0.259 e. The molecule has 0 bridgehead atoms. The first-order valence-electron chi connectivity index (χ1n) is 6.74. The van der Waals surface area contributed by atoms with Gasteiger partial charge in [0.05, 0.1) is 22.9 Å². The van der Waals surface area contributed by atoms with Crippen molar-refractivity contribution in [2.75, 3.05) is 5.32 Å². The van der Waals surface area contributed by atoms with Gasteiger partial charge >= 0.3 is 0 Å². The standard InChI is InChI=1S/C15H10N4O3S/c1-8-12-9(13(20)18-15-16-4-6-23-15)7-10(11-3-2-5-21-11)17-14(12)22-19-8/h2-7H,1H3,(H,16,18,20). The van der Waals surface area contributed by atoms with Gasteiger partial charge in [-0.25, -0.2) is 9.97 Å². The lowest BCUT2D eigenvalue weighted by Crippen LogP contribution is -2.12. The van der Waals surface area contributed by atoms with Crippen LogP contribution in [0.25, 0.3) is 22.6 Å². The van der Waals surface area contributed by atoms with E-state index < -0.39 is 0 Å². The van der Waals surface area contributed by atoms with Crippen molar-refractivity contribution in [2.24, 2.45) is 0 Å². The molecule has 23 heavy (non-hydrogen) atoms. The van der Waals surface area contributed by atoms with Crippen LogP contribution in [0.2, 0.25) is 0 Å². The lowest BCUT2D eigenvalue weighted by molar-refractivity contribution is 0.102. The minimum atomic E-state index is -0.300. The molecule has 0 aliphatic heterocycles. The van der Waals surface area contributed by atoms with Crippen LogP contribution in [0, 0.1) is 6.92 Å². The van der Waals surface area contributed by atoms with Gasteiger partial charge in [-0.2, -0.15) is 0 Å². The largest absolute Gasteiger partial charge is 0.463 e. The number of hydrogen-bond donors (Lipinski definition) is 1. The van der Waals surface area contributed by atoms with Crippen LogP contribution in [-0.2, 0) is 0 Å². The molecule has 4 heterocycles. The fourth-order valence-corrected chi connectivity index (χ4v) is 2.80. The molecule has 0 radical (unpaired) electrons. The van der Waals surface area contributed by atoms with Crippen molar-refractivity contribution in [3.05, 3.63) is 47.3 Å². The van der Waals surface area contributed by atoms with Gasteiger partial charge in [-0.1, -0.05) is 5.16 Å². The number of thiazole rings is 1. The van der Waals surface area contributed by atoms with E-state index in [1.807, 2.05) is 0 Å². The summed E-state index contributed by atoms with van der Waals surface area (Å²) in [7, 11) is 0. The molecular formula is C15H10N4O3S. The highest BCUT2D eigenvalue weighted by molar-refractivity contribution is 7.13. The summed E-state index contributed by atoms with van der Waals surface area (Å²) in [5.74, 6) is 0.246. The van der Waals surface area contributed by atoms with E-state index in [1.165, 1.54) is 11.3 Å². The van der Waals surface area contributed by atoms with Crippen LogP contribution in [0.3, 0.4) is 0 Å². The SMILES string of the molecule is Cc1noc2nc(-c3ccco3)cc(C(=O)Nc3nccs3)c12. The zero-order valence-corrected chi connectivity index (χ0v) is 12.8. The van der Waals surface area contributed by atoms with E-state index in [-0.39, 0.29) is 5.91 Å². The van der Waals surface area contributed by atoms with Gasteiger partial charge in [-0.15, -0.1) is 11.3 Å². The maximum atomic E-state index is 12.6. The average molecular weight is 326 g/mol. The molecule has 0 aliphatic rings. The summed E-state index contributed by atoms with van der Waals surface area (Å²) in [4.78, 5) is 21.0. The highest BCUT2D eigenvalue weighted by atomic mass is 32.1. The smallest absolute Gasteiger partial charge is 0.259 e. The van der Waals surface area contributed by atoms with Crippen molar-refractivity contribution in [3.63, 3.8) is 0 Å². The summed E-state index contributed by atoms with van der Waals surface area (Å²) in [5.41, 5.74) is 1.81. The number of furan rings is 1. The number of nitrogens with one attached hydrogen (secondary N) is 1. The van der Waals surface area contributed by atoms with E-state index in [0.717, 1.165) is 0 Å². The van der Waals surface area contributed by atoms with Gasteiger partial charge in [0.1, 0.15) is 5.69 Å². The molecule has 8 heteroatoms. The van der Waals surface area contributed by atoms with Crippen LogP contribution < -0.4 is 5.32 Å². The summed E-state index contributed by atoms with van der Waals surface area (Å²) in [6, 6.07) is 5.18. The third-order valence-electron chi connectivity index (χ3n) is 3.29. The van der Waals surface area contributed by atoms with E-state index in [4.69, 9.17) is 8.94 Å². The molecule has 1 amide bonds. The van der Waals surface area contributed by atoms with Crippen LogP contribution in [0.4, 0.5) is 5.13 Å². The fourth-order valence-electron chi connectivity index (χ4n) is 2.27. The Bertz CT molecular complexity index is 974. The minimum absolute atomic E-state index is 0.292. The van der Waals surface area contributed by atoms with Gasteiger partial charge in [0.15, 0.2) is 10.9 Å². The maximum absolute atomic E-state index is 12.6. The molecule has 114 valence electrons. The van der Waals surface area contributed by atoms with Crippen molar-refractivity contribution >= 4 is 33.5 Å². The number of hydrogen-bond acceptors (Lipinski definition) is 7. The van der Waals surface area contributed by atoms with E-state index in [9.17, 15) is 4.79 Å². The quantitative estimate of drug-likeness (QED) is 0.619. The third-order valence-corrected chi connectivity index (χ3v) is 3.98. The lowest BCUT2D eigenvalue weighted by atomic mass is 10.1. The lowest BCUT2D eigenvalue weighted by Gasteiger charge is -2.05. The molecule has 0 aromatic carbocycles. The molecule has 0 fully saturated rings. The van der Waals surface area contributed by atoms with Crippen LogP contribution in [0.15, 0.2) is 45.0 Å². The number of rotatable bonds is 3. The topological polar surface area (TPSA) is 94.0 Å². The fraction of sp³-hybridized carbons (Fsp3) is 0.0667. The monoisotopic (exact) mass is 326 g/mol. The number of nitrogens with zero attached hydrogens (tertiary/aromatic N) is 3. The predicted molar refractivity (Wildman–Crippen MR) is 84.3 cm³/mol. The molecule has 4 aromatic heterocycles. The molecule has 0 aliphatic carbocycles. The Kier molecular flexibility index (Phi) is 3.16. The second-order valence-corrected chi connectivity index (χ2v) is 5.67. The molecule has 4 aromatic rings. The minimum Gasteiger partial charge on any atom is -0.463 e. The summed E-state index contributed by atoms with van der Waals surface area (Å²) in [6.45, 7) is 1.76. The first kappa shape index (κ1) is 13.6. The van der Waals surface area contributed by atoms with Crippen molar-refractivity contribution in [1.82, 2.24) is 15.1 Å². The molecule has 0 atom stereocenters. The van der Waals surface area contributed by atoms with E-state index in [0.29, 0.717) is 38.9 Å². The van der Waals surface area contributed by atoms with Crippen molar-refractivity contribution < 1.29 is 13.7 Å². The second-order valence-electron chi connectivity index (χ2n) is 4.77. The Hall–Kier alpha value is -3.00. The zero-order valence-electron chi connectivity index (χ0n) is 11.9. The summed E-state index contributed by atoms with van der Waals surface area (Å²) < 4.78 is 10.6. The van der Waals surface area contributed by atoms with Crippen LogP contribution >= 0.6 is 11.3 Å². The molecule has 0 spiro atoms. The Morgan fingerprint density at radius 3 is 3.04 bits per heavy atom. The number of aryl methyl sites for hydroxylation is 1. The number of anilines is 1. The van der Waals surface area contributed by atoms with Gasteiger partial charge < -0.3 is 8.94 Å². The van der Waals surface area contributed by atoms with Crippen LogP contribution in [0.1, 0.15) is 16.1 Å². The highest BCUT2D eigenvalue weighted by Gasteiger charge is 2.20. The number of amides is 1. The number of carbonyl (C=O) groups excluding carboxylic acids is 1. The molecule has 4 rings (SSSR count). The van der Waals surface area contributed by atoms with E-state index in [2.05, 4.69) is 20.4 Å². The third kappa shape index (κ3) is 2.38. The van der Waals surface area contributed by atoms with Gasteiger partial charge in [0.2, 0.25) is 0 Å². The normalized spacial score (nSPS) is 11.0. The zero-order chi connectivity index (χ0) is 15.8. The van der Waals surface area contributed by atoms with Gasteiger partial charge in [0, 0.05) is 11.6 Å². The van der Waals surface area contributed by atoms with Crippen molar-refractivity contribution in [2.45, 2.75) is 6.92 Å². The van der Waals surface area contributed by atoms with E-state index >= 15 is 0 Å². The Morgan fingerprint density at radius 2 is 2.30 bits per heavy atom. The summed E-state index contributed by atoms with van der Waals surface area (Å²) >= 11 is 1.34. The van der Waals surface area contributed by atoms with Crippen molar-refractivity contribution in [1.29, 1.82) is 0 Å². The summed E-state index contributed by atoms with van der Waals surface area (Å²) in [6.07, 6.45) is 3.17. The number of pyridine rings is 1. The number of aromatic nitrogens is 3. The first-order chi connectivity index (χ1) is 11.2. The van der Waals surface area contributed by atoms with Gasteiger partial charge in [-0.05, 0) is 25.1 Å². The molecule has 0 saturated carbocycles. The highest BCUT2D eigenvalue weighted by Crippen LogP contribution is 2.28. The number of fused-ring (bicyclic) bond motifs is 1. The molecule has 0 saturated heterocycles. The summed E-state index contributed by atoms with van der Waals surface area (Å²) in [5, 5.41) is 9.55. The van der Waals surface area contributed by atoms with Crippen molar-refractivity contribution in [3.8, 4) is 11.5 Å². The second kappa shape index (κ2) is 5.33. The Labute approximate surface area is 134 Å². The molecule has 0 unspecified atom stereocenters.